The summed E-state index contributed by atoms with van der Waals surface area (Å²) in [6.07, 6.45) is 0.355. The zero-order chi connectivity index (χ0) is 15.6. The number of hydrogen-bond donors (Lipinski definition) is 0. The number of hydrogen-bond acceptors (Lipinski definition) is 6. The van der Waals surface area contributed by atoms with Crippen molar-refractivity contribution >= 4 is 52.8 Å². The molecule has 7 nitrogen and oxygen atoms in total. The Morgan fingerprint density at radius 1 is 1.33 bits per heavy atom. The van der Waals surface area contributed by atoms with E-state index in [1.165, 1.54) is 0 Å². The van der Waals surface area contributed by atoms with Crippen LogP contribution in [-0.2, 0) is 14.3 Å². The molecule has 0 atom stereocenters. The monoisotopic (exact) mass is 352 g/mol. The van der Waals surface area contributed by atoms with E-state index in [0.29, 0.717) is 0 Å². The van der Waals surface area contributed by atoms with Gasteiger partial charge < -0.3 is 9.47 Å². The standard InChI is InChI=1S/C11H7Cl3N2O5/c12-5-3-15-9(8(14)7(5)13)10(18)21-4-6(17)16-1-2-20-11(16)19/h3H,1-2,4H2. The van der Waals surface area contributed by atoms with Crippen LogP contribution >= 0.6 is 34.8 Å². The summed E-state index contributed by atoms with van der Waals surface area (Å²) in [6.45, 7) is -0.425. The van der Waals surface area contributed by atoms with Crippen molar-refractivity contribution in [3.05, 3.63) is 27.0 Å². The van der Waals surface area contributed by atoms with Gasteiger partial charge in [-0.25, -0.2) is 19.5 Å². The molecule has 1 aliphatic heterocycles. The van der Waals surface area contributed by atoms with Gasteiger partial charge in [0.05, 0.1) is 21.6 Å². The zero-order valence-corrected chi connectivity index (χ0v) is 12.5. The molecule has 1 aromatic rings. The van der Waals surface area contributed by atoms with Gasteiger partial charge >= 0.3 is 12.1 Å². The lowest BCUT2D eigenvalue weighted by Crippen LogP contribution is -2.35. The Bertz CT molecular complexity index is 622. The number of carbonyl (C=O) groups excluding carboxylic acids is 3. The number of pyridine rings is 1. The summed E-state index contributed by atoms with van der Waals surface area (Å²) in [6, 6.07) is 0. The second kappa shape index (κ2) is 6.46. The number of ether oxygens (including phenoxy) is 2. The van der Waals surface area contributed by atoms with Gasteiger partial charge in [0.25, 0.3) is 5.91 Å². The average molecular weight is 354 g/mol. The molecule has 1 aromatic heterocycles. The van der Waals surface area contributed by atoms with Crippen LogP contribution < -0.4 is 0 Å². The predicted molar refractivity (Wildman–Crippen MR) is 72.6 cm³/mol. The van der Waals surface area contributed by atoms with E-state index >= 15 is 0 Å². The van der Waals surface area contributed by atoms with Gasteiger partial charge in [0.1, 0.15) is 6.61 Å². The van der Waals surface area contributed by atoms with Crippen LogP contribution in [0.15, 0.2) is 6.20 Å². The molecule has 1 aliphatic rings. The van der Waals surface area contributed by atoms with Gasteiger partial charge in [0.2, 0.25) is 0 Å². The van der Waals surface area contributed by atoms with Gasteiger partial charge in [-0.05, 0) is 0 Å². The molecule has 2 heterocycles. The summed E-state index contributed by atoms with van der Waals surface area (Å²) in [5.74, 6) is -1.67. The third-order valence-electron chi connectivity index (χ3n) is 2.50. The minimum Gasteiger partial charge on any atom is -0.451 e. The highest BCUT2D eigenvalue weighted by Crippen LogP contribution is 2.31. The Hall–Kier alpha value is -1.57. The van der Waals surface area contributed by atoms with E-state index in [1.807, 2.05) is 0 Å². The van der Waals surface area contributed by atoms with Gasteiger partial charge in [0, 0.05) is 6.20 Å². The number of aromatic nitrogens is 1. The Morgan fingerprint density at radius 2 is 2.05 bits per heavy atom. The third kappa shape index (κ3) is 3.37. The maximum Gasteiger partial charge on any atom is 0.416 e. The largest absolute Gasteiger partial charge is 0.451 e. The zero-order valence-electron chi connectivity index (χ0n) is 10.3. The maximum absolute atomic E-state index is 11.8. The lowest BCUT2D eigenvalue weighted by molar-refractivity contribution is -0.131. The van der Waals surface area contributed by atoms with Crippen molar-refractivity contribution in [2.24, 2.45) is 0 Å². The number of nitrogens with zero attached hydrogens (tertiary/aromatic N) is 2. The normalized spacial score (nSPS) is 14.0. The van der Waals surface area contributed by atoms with E-state index in [1.54, 1.807) is 0 Å². The molecule has 10 heteroatoms. The third-order valence-corrected chi connectivity index (χ3v) is 3.74. The quantitative estimate of drug-likeness (QED) is 0.774. The van der Waals surface area contributed by atoms with Crippen molar-refractivity contribution in [2.75, 3.05) is 19.8 Å². The fourth-order valence-corrected chi connectivity index (χ4v) is 2.04. The average Bonchev–Trinajstić information content (AvgIpc) is 2.88. The summed E-state index contributed by atoms with van der Waals surface area (Å²) in [5, 5.41) is -0.147. The maximum atomic E-state index is 11.8. The minimum atomic E-state index is -0.959. The van der Waals surface area contributed by atoms with Crippen LogP contribution in [0.1, 0.15) is 10.5 Å². The number of amides is 2. The molecule has 112 valence electrons. The van der Waals surface area contributed by atoms with Crippen molar-refractivity contribution in [1.29, 1.82) is 0 Å². The highest BCUT2D eigenvalue weighted by Gasteiger charge is 2.29. The Balaban J connectivity index is 2.01. The number of carbonyl (C=O) groups is 3. The summed E-state index contributed by atoms with van der Waals surface area (Å²) >= 11 is 17.3. The van der Waals surface area contributed by atoms with Gasteiger partial charge in [-0.3, -0.25) is 4.79 Å². The van der Waals surface area contributed by atoms with Crippen molar-refractivity contribution < 1.29 is 23.9 Å². The van der Waals surface area contributed by atoms with Gasteiger partial charge in [-0.1, -0.05) is 34.8 Å². The SMILES string of the molecule is O=C(OCC(=O)N1CCOC1=O)c1ncc(Cl)c(Cl)c1Cl. The van der Waals surface area contributed by atoms with Crippen LogP contribution in [0.3, 0.4) is 0 Å². The second-order valence-electron chi connectivity index (χ2n) is 3.82. The predicted octanol–water partition coefficient (Wildman–Crippen LogP) is 2.18. The van der Waals surface area contributed by atoms with E-state index in [4.69, 9.17) is 39.5 Å². The number of esters is 1. The number of imide groups is 1. The van der Waals surface area contributed by atoms with Crippen molar-refractivity contribution in [2.45, 2.75) is 0 Å². The first-order chi connectivity index (χ1) is 9.91. The van der Waals surface area contributed by atoms with Crippen LogP contribution in [0.25, 0.3) is 0 Å². The van der Waals surface area contributed by atoms with Crippen LogP contribution in [0.2, 0.25) is 15.1 Å². The summed E-state index contributed by atoms with van der Waals surface area (Å²) in [7, 11) is 0. The van der Waals surface area contributed by atoms with E-state index in [2.05, 4.69) is 9.72 Å². The minimum absolute atomic E-state index is 0.0465. The molecule has 0 unspecified atom stereocenters. The molecule has 0 N–H and O–H groups in total. The number of rotatable bonds is 3. The number of cyclic esters (lactones) is 1. The molecule has 1 fully saturated rings. The first-order valence-electron chi connectivity index (χ1n) is 5.55. The second-order valence-corrected chi connectivity index (χ2v) is 4.98. The number of halogens is 3. The molecule has 0 aromatic carbocycles. The molecule has 0 aliphatic carbocycles. The van der Waals surface area contributed by atoms with E-state index in [0.717, 1.165) is 11.1 Å². The lowest BCUT2D eigenvalue weighted by atomic mass is 10.3. The molecule has 0 spiro atoms. The van der Waals surface area contributed by atoms with Crippen molar-refractivity contribution in [3.63, 3.8) is 0 Å². The van der Waals surface area contributed by atoms with E-state index in [9.17, 15) is 14.4 Å². The fourth-order valence-electron chi connectivity index (χ4n) is 1.48. The molecule has 0 radical (unpaired) electrons. The van der Waals surface area contributed by atoms with Gasteiger partial charge in [0.15, 0.2) is 12.3 Å². The van der Waals surface area contributed by atoms with E-state index < -0.39 is 24.6 Å². The summed E-state index contributed by atoms with van der Waals surface area (Å²) in [4.78, 5) is 39.1. The molecular weight excluding hydrogens is 346 g/mol. The van der Waals surface area contributed by atoms with Crippen LogP contribution in [0.4, 0.5) is 4.79 Å². The first-order valence-corrected chi connectivity index (χ1v) is 6.69. The Kier molecular flexibility index (Phi) is 4.87. The molecule has 21 heavy (non-hydrogen) atoms. The fraction of sp³-hybridized carbons (Fsp3) is 0.273. The van der Waals surface area contributed by atoms with Crippen molar-refractivity contribution in [1.82, 2.24) is 9.88 Å². The van der Waals surface area contributed by atoms with Gasteiger partial charge in [-0.2, -0.15) is 0 Å². The van der Waals surface area contributed by atoms with Gasteiger partial charge in [-0.15, -0.1) is 0 Å². The highest BCUT2D eigenvalue weighted by molar-refractivity contribution is 6.48. The topological polar surface area (TPSA) is 85.8 Å². The summed E-state index contributed by atoms with van der Waals surface area (Å²) < 4.78 is 9.33. The molecule has 0 saturated carbocycles. The molecule has 2 rings (SSSR count). The molecular formula is C11H7Cl3N2O5. The van der Waals surface area contributed by atoms with E-state index in [-0.39, 0.29) is 33.9 Å². The van der Waals surface area contributed by atoms with Crippen molar-refractivity contribution in [3.8, 4) is 0 Å². The Labute approximate surface area is 133 Å². The van der Waals surface area contributed by atoms with Crippen LogP contribution in [0, 0.1) is 0 Å². The van der Waals surface area contributed by atoms with Crippen LogP contribution in [-0.4, -0.2) is 47.6 Å². The highest BCUT2D eigenvalue weighted by atomic mass is 35.5. The molecule has 0 bridgehead atoms. The molecule has 2 amide bonds. The first kappa shape index (κ1) is 15.8. The van der Waals surface area contributed by atoms with Crippen LogP contribution in [0.5, 0.6) is 0 Å². The Morgan fingerprint density at radius 3 is 2.67 bits per heavy atom. The smallest absolute Gasteiger partial charge is 0.416 e. The summed E-state index contributed by atoms with van der Waals surface area (Å²) in [5.41, 5.74) is -0.275. The molecule has 1 saturated heterocycles. The lowest BCUT2D eigenvalue weighted by Gasteiger charge is -2.11.